The highest BCUT2D eigenvalue weighted by Gasteiger charge is 2.20. The summed E-state index contributed by atoms with van der Waals surface area (Å²) in [6.07, 6.45) is 8.51. The lowest BCUT2D eigenvalue weighted by molar-refractivity contribution is -0.141. The largest absolute Gasteiger partial charge is 0.494 e. The highest BCUT2D eigenvalue weighted by molar-refractivity contribution is 5.83. The summed E-state index contributed by atoms with van der Waals surface area (Å²) < 4.78 is 5.81. The fourth-order valence-electron chi connectivity index (χ4n) is 3.57. The van der Waals surface area contributed by atoms with Crippen molar-refractivity contribution < 1.29 is 19.4 Å². The molecule has 0 spiro atoms. The molecule has 2 rings (SSSR count). The molecule has 2 N–H and O–H groups in total. The van der Waals surface area contributed by atoms with Crippen molar-refractivity contribution in [3.05, 3.63) is 29.8 Å². The maximum Gasteiger partial charge on any atom is 0.326 e. The Morgan fingerprint density at radius 2 is 1.83 bits per heavy atom. The van der Waals surface area contributed by atoms with Crippen molar-refractivity contribution in [2.75, 3.05) is 26.2 Å². The first-order valence-electron chi connectivity index (χ1n) is 11.0. The van der Waals surface area contributed by atoms with Gasteiger partial charge in [0.25, 0.3) is 0 Å². The van der Waals surface area contributed by atoms with Gasteiger partial charge in [-0.3, -0.25) is 4.79 Å². The molecule has 29 heavy (non-hydrogen) atoms. The third-order valence-electron chi connectivity index (χ3n) is 5.34. The van der Waals surface area contributed by atoms with Crippen LogP contribution < -0.4 is 10.1 Å². The maximum absolute atomic E-state index is 11.8. The number of aliphatic carboxylic acids is 1. The molecule has 0 saturated carbocycles. The number of carbonyl (C=O) groups excluding carboxylic acids is 1. The Bertz CT molecular complexity index is 612. The molecule has 1 heterocycles. The van der Waals surface area contributed by atoms with Crippen molar-refractivity contribution in [2.45, 2.75) is 70.8 Å². The molecule has 6 heteroatoms. The van der Waals surface area contributed by atoms with Gasteiger partial charge in [0.2, 0.25) is 5.91 Å². The van der Waals surface area contributed by atoms with Crippen LogP contribution in [0.15, 0.2) is 24.3 Å². The van der Waals surface area contributed by atoms with Gasteiger partial charge in [-0.15, -0.1) is 0 Å². The van der Waals surface area contributed by atoms with Crippen LogP contribution in [0.25, 0.3) is 0 Å². The van der Waals surface area contributed by atoms with Crippen LogP contribution >= 0.6 is 0 Å². The summed E-state index contributed by atoms with van der Waals surface area (Å²) >= 11 is 0. The number of hydrogen-bond acceptors (Lipinski definition) is 4. The molecule has 1 unspecified atom stereocenters. The molecular formula is C23H36N2O4. The van der Waals surface area contributed by atoms with Crippen molar-refractivity contribution in [3.8, 4) is 5.75 Å². The van der Waals surface area contributed by atoms with E-state index in [1.165, 1.54) is 32.4 Å². The minimum Gasteiger partial charge on any atom is -0.494 e. The zero-order valence-electron chi connectivity index (χ0n) is 17.7. The van der Waals surface area contributed by atoms with Crippen LogP contribution in [-0.4, -0.2) is 54.2 Å². The first-order valence-corrected chi connectivity index (χ1v) is 11.0. The van der Waals surface area contributed by atoms with Crippen LogP contribution in [0, 0.1) is 0 Å². The number of nitrogens with one attached hydrogen (secondary N) is 1. The third-order valence-corrected chi connectivity index (χ3v) is 5.34. The normalized spacial score (nSPS) is 15.6. The second-order valence-corrected chi connectivity index (χ2v) is 7.87. The molecule has 0 aromatic heterocycles. The van der Waals surface area contributed by atoms with E-state index in [4.69, 9.17) is 4.74 Å². The van der Waals surface area contributed by atoms with E-state index >= 15 is 0 Å². The number of amides is 1. The van der Waals surface area contributed by atoms with E-state index in [1.54, 1.807) is 0 Å². The summed E-state index contributed by atoms with van der Waals surface area (Å²) in [6.45, 7) is 6.32. The number of unbranched alkanes of at least 4 members (excludes halogenated alkanes) is 2. The molecular weight excluding hydrogens is 368 g/mol. The number of likely N-dealkylation sites (tertiary alicyclic amines) is 1. The summed E-state index contributed by atoms with van der Waals surface area (Å²) in [6, 6.07) is 6.59. The predicted octanol–water partition coefficient (Wildman–Crippen LogP) is 3.63. The molecule has 1 atom stereocenters. The van der Waals surface area contributed by atoms with Crippen LogP contribution in [0.3, 0.4) is 0 Å². The molecule has 0 radical (unpaired) electrons. The number of piperidine rings is 1. The number of rotatable bonds is 13. The Kier molecular flexibility index (Phi) is 10.6. The Balaban J connectivity index is 1.69. The molecule has 1 saturated heterocycles. The molecule has 1 fully saturated rings. The SMILES string of the molecule is CCCCC(=O)NC(Cc1ccc(OCCCCN2CCCCC2)cc1)C(=O)O. The fourth-order valence-corrected chi connectivity index (χ4v) is 3.57. The smallest absolute Gasteiger partial charge is 0.326 e. The molecule has 6 nitrogen and oxygen atoms in total. The van der Waals surface area contributed by atoms with Crippen molar-refractivity contribution in [1.82, 2.24) is 10.2 Å². The Hall–Kier alpha value is -2.08. The zero-order valence-corrected chi connectivity index (χ0v) is 17.7. The predicted molar refractivity (Wildman–Crippen MR) is 114 cm³/mol. The molecule has 1 amide bonds. The van der Waals surface area contributed by atoms with E-state index in [2.05, 4.69) is 10.2 Å². The summed E-state index contributed by atoms with van der Waals surface area (Å²) in [5.74, 6) is -0.418. The lowest BCUT2D eigenvalue weighted by Crippen LogP contribution is -2.42. The van der Waals surface area contributed by atoms with Gasteiger partial charge in [0.1, 0.15) is 11.8 Å². The first-order chi connectivity index (χ1) is 14.1. The van der Waals surface area contributed by atoms with Gasteiger partial charge in [0, 0.05) is 12.8 Å². The standard InChI is InChI=1S/C23H36N2O4/c1-2-3-9-22(26)24-21(23(27)28)18-19-10-12-20(13-11-19)29-17-8-7-16-25-14-5-4-6-15-25/h10-13,21H,2-9,14-18H2,1H3,(H,24,26)(H,27,28). The Morgan fingerprint density at radius 1 is 1.10 bits per heavy atom. The molecule has 0 bridgehead atoms. The van der Waals surface area contributed by atoms with E-state index in [0.29, 0.717) is 13.0 Å². The average Bonchev–Trinajstić information content (AvgIpc) is 2.73. The first kappa shape index (κ1) is 23.2. The summed E-state index contributed by atoms with van der Waals surface area (Å²) in [5.41, 5.74) is 0.866. The van der Waals surface area contributed by atoms with Gasteiger partial charge < -0.3 is 20.1 Å². The number of benzene rings is 1. The van der Waals surface area contributed by atoms with Crippen LogP contribution in [-0.2, 0) is 16.0 Å². The van der Waals surface area contributed by atoms with Crippen LogP contribution in [0.2, 0.25) is 0 Å². The Morgan fingerprint density at radius 3 is 2.48 bits per heavy atom. The minimum absolute atomic E-state index is 0.205. The van der Waals surface area contributed by atoms with Crippen LogP contribution in [0.4, 0.5) is 0 Å². The highest BCUT2D eigenvalue weighted by Crippen LogP contribution is 2.15. The highest BCUT2D eigenvalue weighted by atomic mass is 16.5. The van der Waals surface area contributed by atoms with E-state index in [0.717, 1.165) is 43.5 Å². The fraction of sp³-hybridized carbons (Fsp3) is 0.652. The monoisotopic (exact) mass is 404 g/mol. The zero-order chi connectivity index (χ0) is 20.9. The van der Waals surface area contributed by atoms with E-state index in [-0.39, 0.29) is 12.3 Å². The number of carboxylic acids is 1. The lowest BCUT2D eigenvalue weighted by Gasteiger charge is -2.26. The van der Waals surface area contributed by atoms with Crippen molar-refractivity contribution in [3.63, 3.8) is 0 Å². The Labute approximate surface area is 174 Å². The van der Waals surface area contributed by atoms with Crippen molar-refractivity contribution in [1.29, 1.82) is 0 Å². The number of nitrogens with zero attached hydrogens (tertiary/aromatic N) is 1. The third kappa shape index (κ3) is 9.31. The average molecular weight is 405 g/mol. The van der Waals surface area contributed by atoms with Crippen molar-refractivity contribution in [2.24, 2.45) is 0 Å². The van der Waals surface area contributed by atoms with E-state index < -0.39 is 12.0 Å². The molecule has 1 aliphatic rings. The summed E-state index contributed by atoms with van der Waals surface area (Å²) in [4.78, 5) is 25.8. The van der Waals surface area contributed by atoms with Gasteiger partial charge in [0.05, 0.1) is 6.61 Å². The topological polar surface area (TPSA) is 78.9 Å². The van der Waals surface area contributed by atoms with Crippen LogP contribution in [0.5, 0.6) is 5.75 Å². The van der Waals surface area contributed by atoms with E-state index in [1.807, 2.05) is 31.2 Å². The molecule has 1 aromatic carbocycles. The summed E-state index contributed by atoms with van der Waals surface area (Å²) in [5, 5.41) is 12.0. The minimum atomic E-state index is -1.01. The van der Waals surface area contributed by atoms with Gasteiger partial charge in [0.15, 0.2) is 0 Å². The second kappa shape index (κ2) is 13.2. The lowest BCUT2D eigenvalue weighted by atomic mass is 10.1. The molecule has 1 aliphatic heterocycles. The quantitative estimate of drug-likeness (QED) is 0.491. The molecule has 162 valence electrons. The molecule has 1 aromatic rings. The van der Waals surface area contributed by atoms with Gasteiger partial charge >= 0.3 is 5.97 Å². The second-order valence-electron chi connectivity index (χ2n) is 7.87. The number of carboxylic acid groups (broad SMARTS) is 1. The van der Waals surface area contributed by atoms with Gasteiger partial charge in [-0.25, -0.2) is 4.79 Å². The summed E-state index contributed by atoms with van der Waals surface area (Å²) in [7, 11) is 0. The van der Waals surface area contributed by atoms with Gasteiger partial charge in [-0.2, -0.15) is 0 Å². The maximum atomic E-state index is 11.8. The number of carbonyl (C=O) groups is 2. The number of hydrogen-bond donors (Lipinski definition) is 2. The van der Waals surface area contributed by atoms with Gasteiger partial charge in [-0.1, -0.05) is 31.9 Å². The van der Waals surface area contributed by atoms with Crippen molar-refractivity contribution >= 4 is 11.9 Å². The van der Waals surface area contributed by atoms with E-state index in [9.17, 15) is 14.7 Å². The number of ether oxygens (including phenoxy) is 1. The molecule has 0 aliphatic carbocycles. The van der Waals surface area contributed by atoms with Gasteiger partial charge in [-0.05, 0) is 69.4 Å². The van der Waals surface area contributed by atoms with Crippen LogP contribution in [0.1, 0.15) is 63.9 Å².